The quantitative estimate of drug-likeness (QED) is 0.351. The molecule has 1 aromatic carbocycles. The van der Waals surface area contributed by atoms with E-state index in [1.165, 1.54) is 6.07 Å². The van der Waals surface area contributed by atoms with E-state index in [-0.39, 0.29) is 11.5 Å². The molecule has 0 radical (unpaired) electrons. The van der Waals surface area contributed by atoms with E-state index in [0.717, 1.165) is 25.7 Å². The van der Waals surface area contributed by atoms with Gasteiger partial charge in [-0.1, -0.05) is 38.3 Å². The lowest BCUT2D eigenvalue weighted by atomic mass is 10.00. The molecule has 11 heteroatoms. The molecule has 1 aliphatic rings. The van der Waals surface area contributed by atoms with Crippen molar-refractivity contribution >= 4 is 10.4 Å². The molecule has 1 aromatic rings. The van der Waals surface area contributed by atoms with E-state index in [9.17, 15) is 23.7 Å². The molecule has 0 saturated carbocycles. The van der Waals surface area contributed by atoms with Gasteiger partial charge in [0.1, 0.15) is 24.4 Å². The lowest BCUT2D eigenvalue weighted by Crippen LogP contribution is -2.59. The Bertz CT molecular complexity index is 723. The van der Waals surface area contributed by atoms with Crippen LogP contribution in [0.3, 0.4) is 0 Å². The Hall–Kier alpha value is -1.47. The number of unbranched alkanes of at least 4 members (excludes halogenated alkanes) is 3. The van der Waals surface area contributed by atoms with Crippen molar-refractivity contribution in [2.75, 3.05) is 13.2 Å². The van der Waals surface area contributed by atoms with Gasteiger partial charge in [-0.25, -0.2) is 4.18 Å². The predicted molar refractivity (Wildman–Crippen MR) is 100 cm³/mol. The zero-order valence-corrected chi connectivity index (χ0v) is 16.9. The average molecular weight is 436 g/mol. The molecule has 0 aromatic heterocycles. The van der Waals surface area contributed by atoms with Crippen LogP contribution in [0.5, 0.6) is 11.5 Å². The number of hydrogen-bond donors (Lipinski definition) is 4. The summed E-state index contributed by atoms with van der Waals surface area (Å²) in [4.78, 5) is 0. The first-order valence-electron chi connectivity index (χ1n) is 9.44. The third-order valence-electron chi connectivity index (χ3n) is 4.36. The van der Waals surface area contributed by atoms with Gasteiger partial charge in [0.2, 0.25) is 6.29 Å². The first kappa shape index (κ1) is 23.8. The van der Waals surface area contributed by atoms with Gasteiger partial charge in [0.15, 0.2) is 11.5 Å². The number of aliphatic hydroxyl groups excluding tert-OH is 4. The number of rotatable bonds is 11. The van der Waals surface area contributed by atoms with Crippen LogP contribution < -0.4 is 8.92 Å². The largest absolute Gasteiger partial charge is 0.490 e. The van der Waals surface area contributed by atoms with Crippen molar-refractivity contribution in [1.82, 2.24) is 0 Å². The van der Waals surface area contributed by atoms with Crippen molar-refractivity contribution in [3.63, 3.8) is 0 Å². The number of para-hydroxylation sites is 2. The maximum atomic E-state index is 12.3. The van der Waals surface area contributed by atoms with Crippen LogP contribution in [-0.4, -0.2) is 72.8 Å². The molecule has 5 atom stereocenters. The predicted octanol–water partition coefficient (Wildman–Crippen LogP) is 0.0858. The van der Waals surface area contributed by atoms with E-state index in [2.05, 4.69) is 6.92 Å². The van der Waals surface area contributed by atoms with Crippen LogP contribution in [0.25, 0.3) is 0 Å². The van der Waals surface area contributed by atoms with E-state index in [1.54, 1.807) is 18.2 Å². The van der Waals surface area contributed by atoms with Crippen molar-refractivity contribution in [1.29, 1.82) is 0 Å². The van der Waals surface area contributed by atoms with Gasteiger partial charge >= 0.3 is 10.4 Å². The minimum atomic E-state index is -4.74. The molecule has 0 spiro atoms. The molecule has 0 aliphatic carbocycles. The van der Waals surface area contributed by atoms with Crippen LogP contribution in [0.4, 0.5) is 0 Å². The Morgan fingerprint density at radius 2 is 1.69 bits per heavy atom. The van der Waals surface area contributed by atoms with Crippen molar-refractivity contribution in [2.24, 2.45) is 0 Å². The second-order valence-electron chi connectivity index (χ2n) is 6.64. The Labute approximate surface area is 169 Å². The molecule has 10 nitrogen and oxygen atoms in total. The zero-order valence-electron chi connectivity index (χ0n) is 16.1. The van der Waals surface area contributed by atoms with E-state index in [4.69, 9.17) is 22.9 Å². The molecule has 2 rings (SSSR count). The van der Waals surface area contributed by atoms with E-state index < -0.39 is 47.7 Å². The highest BCUT2D eigenvalue weighted by atomic mass is 32.3. The van der Waals surface area contributed by atoms with Gasteiger partial charge in [0, 0.05) is 0 Å². The summed E-state index contributed by atoms with van der Waals surface area (Å²) in [6, 6.07) is 6.11. The molecule has 0 amide bonds. The van der Waals surface area contributed by atoms with Crippen LogP contribution in [0.2, 0.25) is 0 Å². The highest BCUT2D eigenvalue weighted by molar-refractivity contribution is 7.82. The summed E-state index contributed by atoms with van der Waals surface area (Å²) in [7, 11) is -4.74. The standard InChI is InChI=1S/C18H28O10S/c1-2-3-4-7-10-25-12-8-5-6-9-13(12)27-29(23,24)28-18-17(22)16(21)15(20)14(11-19)26-18/h5-6,8-9,14-22H,2-4,7,10-11H2,1H3/t14-,15-,16+,17-,18+/m1/s1. The lowest BCUT2D eigenvalue weighted by Gasteiger charge is -2.38. The first-order chi connectivity index (χ1) is 13.8. The number of aliphatic hydroxyl groups is 4. The average Bonchev–Trinajstić information content (AvgIpc) is 2.69. The number of ether oxygens (including phenoxy) is 2. The minimum Gasteiger partial charge on any atom is -0.490 e. The molecule has 1 saturated heterocycles. The molecule has 1 fully saturated rings. The summed E-state index contributed by atoms with van der Waals surface area (Å²) in [6.07, 6.45) is -4.55. The smallest absolute Gasteiger partial charge is 0.451 e. The van der Waals surface area contributed by atoms with Crippen molar-refractivity contribution < 1.29 is 46.7 Å². The molecular weight excluding hydrogens is 408 g/mol. The van der Waals surface area contributed by atoms with Crippen LogP contribution in [0.1, 0.15) is 32.6 Å². The molecule has 4 N–H and O–H groups in total. The summed E-state index contributed by atoms with van der Waals surface area (Å²) in [6.45, 7) is 1.75. The highest BCUT2D eigenvalue weighted by Gasteiger charge is 2.46. The maximum Gasteiger partial charge on any atom is 0.451 e. The molecular formula is C18H28O10S. The third kappa shape index (κ3) is 6.78. The van der Waals surface area contributed by atoms with E-state index >= 15 is 0 Å². The van der Waals surface area contributed by atoms with Crippen molar-refractivity contribution in [3.8, 4) is 11.5 Å². The Kier molecular flexibility index (Phi) is 9.08. The van der Waals surface area contributed by atoms with Gasteiger partial charge in [-0.2, -0.15) is 8.42 Å². The third-order valence-corrected chi connectivity index (χ3v) is 5.17. The van der Waals surface area contributed by atoms with Crippen LogP contribution >= 0.6 is 0 Å². The van der Waals surface area contributed by atoms with E-state index in [0.29, 0.717) is 6.61 Å². The minimum absolute atomic E-state index is 0.118. The van der Waals surface area contributed by atoms with Gasteiger partial charge in [-0.3, -0.25) is 0 Å². The SMILES string of the molecule is CCCCCCOc1ccccc1OS(=O)(=O)O[C@@H]1O[C@H](CO)[C@@H](O)[C@H](O)[C@H]1O. The topological polar surface area (TPSA) is 152 Å². The summed E-state index contributed by atoms with van der Waals surface area (Å²) in [5, 5.41) is 38.5. The van der Waals surface area contributed by atoms with Gasteiger partial charge < -0.3 is 34.1 Å². The normalized spacial score (nSPS) is 27.6. The van der Waals surface area contributed by atoms with Crippen LogP contribution in [0.15, 0.2) is 24.3 Å². The Balaban J connectivity index is 2.02. The maximum absolute atomic E-state index is 12.3. The molecule has 0 unspecified atom stereocenters. The second-order valence-corrected chi connectivity index (χ2v) is 7.82. The second kappa shape index (κ2) is 11.1. The molecule has 1 aliphatic heterocycles. The molecule has 0 bridgehead atoms. The molecule has 166 valence electrons. The Morgan fingerprint density at radius 3 is 2.34 bits per heavy atom. The molecule has 1 heterocycles. The van der Waals surface area contributed by atoms with Gasteiger partial charge in [-0.05, 0) is 18.6 Å². The van der Waals surface area contributed by atoms with Crippen molar-refractivity contribution in [3.05, 3.63) is 24.3 Å². The summed E-state index contributed by atoms with van der Waals surface area (Å²) >= 11 is 0. The van der Waals surface area contributed by atoms with Gasteiger partial charge in [0.05, 0.1) is 13.2 Å². The summed E-state index contributed by atoms with van der Waals surface area (Å²) < 4.78 is 44.7. The first-order valence-corrected chi connectivity index (χ1v) is 10.8. The fourth-order valence-electron chi connectivity index (χ4n) is 2.74. The van der Waals surface area contributed by atoms with E-state index in [1.807, 2.05) is 0 Å². The Morgan fingerprint density at radius 1 is 1.00 bits per heavy atom. The highest BCUT2D eigenvalue weighted by Crippen LogP contribution is 2.30. The van der Waals surface area contributed by atoms with Crippen molar-refractivity contribution in [2.45, 2.75) is 63.3 Å². The number of benzene rings is 1. The molecule has 29 heavy (non-hydrogen) atoms. The van der Waals surface area contributed by atoms with Gasteiger partial charge in [0.25, 0.3) is 0 Å². The van der Waals surface area contributed by atoms with Crippen LogP contribution in [-0.2, 0) is 19.3 Å². The summed E-state index contributed by atoms with van der Waals surface area (Å²) in [5.74, 6) is 0.0811. The monoisotopic (exact) mass is 436 g/mol. The van der Waals surface area contributed by atoms with Crippen LogP contribution in [0, 0.1) is 0 Å². The fraction of sp³-hybridized carbons (Fsp3) is 0.667. The fourth-order valence-corrected chi connectivity index (χ4v) is 3.53. The zero-order chi connectivity index (χ0) is 21.4. The summed E-state index contributed by atoms with van der Waals surface area (Å²) in [5.41, 5.74) is 0. The lowest BCUT2D eigenvalue weighted by molar-refractivity contribution is -0.277. The number of hydrogen-bond acceptors (Lipinski definition) is 10. The van der Waals surface area contributed by atoms with Gasteiger partial charge in [-0.15, -0.1) is 0 Å².